The number of rotatable bonds is 2. The highest BCUT2D eigenvalue weighted by Crippen LogP contribution is 2.05. The normalized spacial score (nSPS) is 10.2. The Balaban J connectivity index is 2.15. The number of aromatic amines is 1. The van der Waals surface area contributed by atoms with E-state index in [0.29, 0.717) is 0 Å². The molecule has 2 aromatic rings. The fourth-order valence-corrected chi connectivity index (χ4v) is 1.31. The average molecular weight is 171 g/mol. The second-order valence-corrected chi connectivity index (χ2v) is 3.07. The lowest BCUT2D eigenvalue weighted by Gasteiger charge is -1.96. The van der Waals surface area contributed by atoms with Crippen molar-refractivity contribution in [2.24, 2.45) is 0 Å². The van der Waals surface area contributed by atoms with Crippen LogP contribution in [0.3, 0.4) is 0 Å². The van der Waals surface area contributed by atoms with Crippen LogP contribution >= 0.6 is 0 Å². The molecule has 2 heteroatoms. The molecule has 0 aliphatic rings. The lowest BCUT2D eigenvalue weighted by Crippen LogP contribution is -1.87. The standard InChI is InChI=1S/C11H11N2/c1-9-12-8-11(13-9)7-10-5-3-2-4-6-10/h2-6H,7H2,1H3,(H,12,13). The topological polar surface area (TPSA) is 28.7 Å². The molecular formula is C11H11N2. The molecule has 0 fully saturated rings. The molecule has 1 N–H and O–H groups in total. The first-order valence-corrected chi connectivity index (χ1v) is 4.32. The highest BCUT2D eigenvalue weighted by Gasteiger charge is 1.98. The zero-order valence-corrected chi connectivity index (χ0v) is 7.54. The van der Waals surface area contributed by atoms with E-state index in [0.717, 1.165) is 17.9 Å². The van der Waals surface area contributed by atoms with E-state index >= 15 is 0 Å². The number of nitrogens with one attached hydrogen (secondary N) is 1. The molecule has 2 rings (SSSR count). The lowest BCUT2D eigenvalue weighted by molar-refractivity contribution is 1.07. The Morgan fingerprint density at radius 2 is 2.08 bits per heavy atom. The molecule has 1 aromatic carbocycles. The average Bonchev–Trinajstić information content (AvgIpc) is 2.53. The highest BCUT2D eigenvalue weighted by molar-refractivity contribution is 5.20. The van der Waals surface area contributed by atoms with Gasteiger partial charge in [-0.15, -0.1) is 0 Å². The molecule has 0 aliphatic heterocycles. The summed E-state index contributed by atoms with van der Waals surface area (Å²) in [4.78, 5) is 7.19. The zero-order chi connectivity index (χ0) is 9.10. The molecule has 0 unspecified atom stereocenters. The van der Waals surface area contributed by atoms with Crippen molar-refractivity contribution in [3.63, 3.8) is 0 Å². The summed E-state index contributed by atoms with van der Waals surface area (Å²) in [5.74, 6) is 0.922. The van der Waals surface area contributed by atoms with Gasteiger partial charge in [-0.25, -0.2) is 4.98 Å². The number of aryl methyl sites for hydroxylation is 1. The van der Waals surface area contributed by atoms with Crippen LogP contribution in [0.4, 0.5) is 0 Å². The van der Waals surface area contributed by atoms with E-state index in [1.54, 1.807) is 0 Å². The summed E-state index contributed by atoms with van der Waals surface area (Å²) in [6, 6.07) is 10.3. The van der Waals surface area contributed by atoms with Crippen LogP contribution in [0.5, 0.6) is 0 Å². The lowest BCUT2D eigenvalue weighted by atomic mass is 10.1. The first-order valence-electron chi connectivity index (χ1n) is 4.32. The summed E-state index contributed by atoms with van der Waals surface area (Å²) >= 11 is 0. The number of aromatic nitrogens is 2. The predicted molar refractivity (Wildman–Crippen MR) is 51.4 cm³/mol. The molecule has 0 saturated heterocycles. The Morgan fingerprint density at radius 3 is 2.69 bits per heavy atom. The quantitative estimate of drug-likeness (QED) is 0.736. The van der Waals surface area contributed by atoms with Crippen molar-refractivity contribution in [2.45, 2.75) is 13.3 Å². The minimum absolute atomic E-state index is 0.877. The fraction of sp³-hybridized carbons (Fsp3) is 0.182. The van der Waals surface area contributed by atoms with Gasteiger partial charge in [0.25, 0.3) is 0 Å². The van der Waals surface area contributed by atoms with Gasteiger partial charge >= 0.3 is 0 Å². The Bertz CT molecular complexity index is 376. The number of imidazole rings is 1. The molecule has 0 aliphatic carbocycles. The van der Waals surface area contributed by atoms with E-state index in [1.807, 2.05) is 25.1 Å². The van der Waals surface area contributed by atoms with Crippen LogP contribution in [0.1, 0.15) is 17.1 Å². The minimum Gasteiger partial charge on any atom is -0.345 e. The molecule has 2 nitrogen and oxygen atoms in total. The predicted octanol–water partition coefficient (Wildman–Crippen LogP) is 2.11. The van der Waals surface area contributed by atoms with Gasteiger partial charge in [0, 0.05) is 12.1 Å². The highest BCUT2D eigenvalue weighted by atomic mass is 14.9. The summed E-state index contributed by atoms with van der Waals surface area (Å²) < 4.78 is 0. The summed E-state index contributed by atoms with van der Waals surface area (Å²) in [7, 11) is 0. The summed E-state index contributed by atoms with van der Waals surface area (Å²) in [6.45, 7) is 1.94. The van der Waals surface area contributed by atoms with Gasteiger partial charge in [-0.05, 0) is 12.5 Å². The smallest absolute Gasteiger partial charge is 0.112 e. The van der Waals surface area contributed by atoms with Crippen LogP contribution in [-0.4, -0.2) is 9.97 Å². The third-order valence-electron chi connectivity index (χ3n) is 1.91. The van der Waals surface area contributed by atoms with Crippen molar-refractivity contribution in [2.75, 3.05) is 0 Å². The van der Waals surface area contributed by atoms with Crippen molar-refractivity contribution >= 4 is 0 Å². The van der Waals surface area contributed by atoms with Crippen molar-refractivity contribution in [3.05, 3.63) is 53.6 Å². The Kier molecular flexibility index (Phi) is 2.13. The van der Waals surface area contributed by atoms with Gasteiger partial charge in [-0.3, -0.25) is 0 Å². The van der Waals surface area contributed by atoms with E-state index in [-0.39, 0.29) is 0 Å². The first kappa shape index (κ1) is 8.05. The van der Waals surface area contributed by atoms with Crippen LogP contribution in [0.25, 0.3) is 0 Å². The maximum atomic E-state index is 4.03. The summed E-state index contributed by atoms with van der Waals surface area (Å²) in [5.41, 5.74) is 2.33. The Labute approximate surface area is 77.6 Å². The molecule has 0 spiro atoms. The van der Waals surface area contributed by atoms with E-state index in [4.69, 9.17) is 0 Å². The van der Waals surface area contributed by atoms with Gasteiger partial charge in [0.05, 0.1) is 0 Å². The molecule has 13 heavy (non-hydrogen) atoms. The minimum atomic E-state index is 0.877. The molecule has 1 heterocycles. The number of nitrogens with zero attached hydrogens (tertiary/aromatic N) is 1. The van der Waals surface area contributed by atoms with Crippen LogP contribution in [0.15, 0.2) is 30.3 Å². The van der Waals surface area contributed by atoms with Crippen LogP contribution in [0.2, 0.25) is 0 Å². The largest absolute Gasteiger partial charge is 0.345 e. The molecular weight excluding hydrogens is 160 g/mol. The second-order valence-electron chi connectivity index (χ2n) is 3.07. The molecule has 0 saturated carbocycles. The van der Waals surface area contributed by atoms with Gasteiger partial charge in [0.1, 0.15) is 12.0 Å². The van der Waals surface area contributed by atoms with Gasteiger partial charge in [0.15, 0.2) is 0 Å². The monoisotopic (exact) mass is 171 g/mol. The van der Waals surface area contributed by atoms with E-state index in [9.17, 15) is 0 Å². The molecule has 65 valence electrons. The number of benzene rings is 1. The maximum absolute atomic E-state index is 4.03. The van der Waals surface area contributed by atoms with Gasteiger partial charge in [-0.2, -0.15) is 0 Å². The number of hydrogen-bond acceptors (Lipinski definition) is 1. The maximum Gasteiger partial charge on any atom is 0.112 e. The first-order chi connectivity index (χ1) is 6.34. The van der Waals surface area contributed by atoms with Crippen molar-refractivity contribution in [1.29, 1.82) is 0 Å². The molecule has 0 amide bonds. The molecule has 0 atom stereocenters. The van der Waals surface area contributed by atoms with Crippen molar-refractivity contribution in [1.82, 2.24) is 9.97 Å². The van der Waals surface area contributed by atoms with Crippen molar-refractivity contribution < 1.29 is 0 Å². The Morgan fingerprint density at radius 1 is 1.31 bits per heavy atom. The zero-order valence-electron chi connectivity index (χ0n) is 7.54. The third-order valence-corrected chi connectivity index (χ3v) is 1.91. The summed E-state index contributed by atoms with van der Waals surface area (Å²) in [6.07, 6.45) is 3.83. The van der Waals surface area contributed by atoms with E-state index in [1.165, 1.54) is 5.56 Å². The van der Waals surface area contributed by atoms with Crippen molar-refractivity contribution in [3.8, 4) is 0 Å². The van der Waals surface area contributed by atoms with E-state index < -0.39 is 0 Å². The second kappa shape index (κ2) is 3.44. The number of hydrogen-bond donors (Lipinski definition) is 1. The van der Waals surface area contributed by atoms with E-state index in [2.05, 4.69) is 28.3 Å². The number of H-pyrrole nitrogens is 1. The third kappa shape index (κ3) is 1.96. The van der Waals surface area contributed by atoms with Crippen LogP contribution < -0.4 is 0 Å². The van der Waals surface area contributed by atoms with Gasteiger partial charge in [-0.1, -0.05) is 30.3 Å². The van der Waals surface area contributed by atoms with Crippen LogP contribution in [-0.2, 0) is 6.42 Å². The Hall–Kier alpha value is -1.57. The molecule has 1 radical (unpaired) electrons. The fourth-order valence-electron chi connectivity index (χ4n) is 1.31. The van der Waals surface area contributed by atoms with Gasteiger partial charge in [0.2, 0.25) is 0 Å². The molecule has 1 aromatic heterocycles. The van der Waals surface area contributed by atoms with Crippen LogP contribution in [0, 0.1) is 13.1 Å². The summed E-state index contributed by atoms with van der Waals surface area (Å²) in [5, 5.41) is 0. The van der Waals surface area contributed by atoms with Gasteiger partial charge < -0.3 is 4.98 Å². The SMILES string of the molecule is Cc1n[c]c(Cc2ccccc2)[nH]1. The molecule has 0 bridgehead atoms.